The Kier molecular flexibility index (Phi) is 5.73. The van der Waals surface area contributed by atoms with E-state index in [1.165, 1.54) is 0 Å². The van der Waals surface area contributed by atoms with Gasteiger partial charge in [-0.15, -0.1) is 0 Å². The Morgan fingerprint density at radius 3 is 2.10 bits per heavy atom. The van der Waals surface area contributed by atoms with Gasteiger partial charge in [0.05, 0.1) is 26.9 Å². The van der Waals surface area contributed by atoms with Crippen molar-refractivity contribution >= 4 is 47.1 Å². The number of anilines is 3. The molecule has 0 saturated carbocycles. The molecule has 7 N–H and O–H groups in total. The molecule has 0 unspecified atom stereocenters. The van der Waals surface area contributed by atoms with E-state index in [9.17, 15) is 34.4 Å². The first kappa shape index (κ1) is 23.3. The van der Waals surface area contributed by atoms with E-state index in [1.54, 1.807) is 0 Å². The first-order valence-corrected chi connectivity index (χ1v) is 13.4. The number of fused-ring (bicyclic) bond motifs is 3. The highest BCUT2D eigenvalue weighted by Crippen LogP contribution is 2.52. The third-order valence-corrected chi connectivity index (χ3v) is 8.53. The van der Waals surface area contributed by atoms with Gasteiger partial charge in [0.2, 0.25) is 9.84 Å². The second-order valence-electron chi connectivity index (χ2n) is 7.02. The van der Waals surface area contributed by atoms with E-state index in [1.807, 2.05) is 6.92 Å². The van der Waals surface area contributed by atoms with Crippen molar-refractivity contribution in [1.29, 1.82) is 0 Å². The zero-order valence-corrected chi connectivity index (χ0v) is 18.7. The molecule has 0 spiro atoms. The lowest BCUT2D eigenvalue weighted by Crippen LogP contribution is -2.12. The Morgan fingerprint density at radius 1 is 0.935 bits per heavy atom. The van der Waals surface area contributed by atoms with Gasteiger partial charge in [-0.3, -0.25) is 9.11 Å². The summed E-state index contributed by atoms with van der Waals surface area (Å²) in [5.74, 6) is 0. The van der Waals surface area contributed by atoms with Crippen LogP contribution in [0.25, 0.3) is 11.1 Å². The summed E-state index contributed by atoms with van der Waals surface area (Å²) < 4.78 is 92.8. The summed E-state index contributed by atoms with van der Waals surface area (Å²) in [4.78, 5) is -2.22. The molecular formula is C17H21N3O8S3. The molecule has 170 valence electrons. The van der Waals surface area contributed by atoms with Crippen molar-refractivity contribution in [3.63, 3.8) is 0 Å². The van der Waals surface area contributed by atoms with Crippen molar-refractivity contribution in [2.75, 3.05) is 23.3 Å². The van der Waals surface area contributed by atoms with Crippen LogP contribution in [-0.4, -0.2) is 40.9 Å². The molecule has 0 saturated heterocycles. The number of rotatable bonds is 7. The maximum Gasteiger partial charge on any atom is 0.298 e. The van der Waals surface area contributed by atoms with E-state index in [0.717, 1.165) is 31.0 Å². The normalized spacial score (nSPS) is 14.8. The third-order valence-electron chi connectivity index (χ3n) is 4.85. The van der Waals surface area contributed by atoms with Gasteiger partial charge in [0.15, 0.2) is 0 Å². The van der Waals surface area contributed by atoms with Crippen LogP contribution < -0.4 is 16.8 Å². The molecule has 0 atom stereocenters. The number of nitrogen functional groups attached to an aromatic ring is 2. The van der Waals surface area contributed by atoms with Crippen LogP contribution in [0.15, 0.2) is 37.8 Å². The average molecular weight is 492 g/mol. The molecule has 1 aliphatic rings. The van der Waals surface area contributed by atoms with Gasteiger partial charge in [-0.05, 0) is 24.6 Å². The van der Waals surface area contributed by atoms with Crippen molar-refractivity contribution in [2.24, 2.45) is 0 Å². The lowest BCUT2D eigenvalue weighted by atomic mass is 10.0. The fourth-order valence-corrected chi connectivity index (χ4v) is 6.65. The average Bonchev–Trinajstić information content (AvgIpc) is 2.83. The zero-order chi connectivity index (χ0) is 23.4. The molecular weight excluding hydrogens is 470 g/mol. The van der Waals surface area contributed by atoms with E-state index < -0.39 is 51.2 Å². The third kappa shape index (κ3) is 3.96. The predicted molar refractivity (Wildman–Crippen MR) is 114 cm³/mol. The number of sulfone groups is 1. The standard InChI is InChI=1S/C17H21N3O8S3/c1-2-3-4-5-20-16-15-9-6-13(30(23,24)25)10(18)7-12(9)29(21,22)14(15)8-11(19)17(16)31(26,27)28/h6-8,20H,2-5,18-19H2,1H3,(H,23,24,25)(H,26,27,28). The van der Waals surface area contributed by atoms with Crippen LogP contribution in [0.1, 0.15) is 26.2 Å². The van der Waals surface area contributed by atoms with Crippen LogP contribution in [0, 0.1) is 0 Å². The zero-order valence-electron chi connectivity index (χ0n) is 16.3. The van der Waals surface area contributed by atoms with Crippen LogP contribution >= 0.6 is 0 Å². The molecule has 0 aromatic heterocycles. The summed E-state index contributed by atoms with van der Waals surface area (Å²) in [6.07, 6.45) is 2.25. The van der Waals surface area contributed by atoms with Gasteiger partial charge in [-0.1, -0.05) is 19.8 Å². The first-order chi connectivity index (χ1) is 14.2. The molecule has 2 aromatic carbocycles. The van der Waals surface area contributed by atoms with Crippen molar-refractivity contribution < 1.29 is 34.4 Å². The van der Waals surface area contributed by atoms with Gasteiger partial charge in [0, 0.05) is 17.7 Å². The van der Waals surface area contributed by atoms with Gasteiger partial charge < -0.3 is 16.8 Å². The highest BCUT2D eigenvalue weighted by Gasteiger charge is 2.40. The number of hydrogen-bond donors (Lipinski definition) is 5. The van der Waals surface area contributed by atoms with Crippen LogP contribution in [-0.2, 0) is 30.1 Å². The van der Waals surface area contributed by atoms with Crippen molar-refractivity contribution in [3.05, 3.63) is 18.2 Å². The fraction of sp³-hybridized carbons (Fsp3) is 0.294. The highest BCUT2D eigenvalue weighted by atomic mass is 32.2. The Morgan fingerprint density at radius 2 is 1.55 bits per heavy atom. The second kappa shape index (κ2) is 7.63. The van der Waals surface area contributed by atoms with Crippen molar-refractivity contribution in [2.45, 2.75) is 45.8 Å². The number of hydrogen-bond acceptors (Lipinski definition) is 9. The minimum Gasteiger partial charge on any atom is -0.398 e. The van der Waals surface area contributed by atoms with E-state index in [0.29, 0.717) is 6.42 Å². The number of nitrogens with two attached hydrogens (primary N) is 2. The minimum atomic E-state index is -4.89. The van der Waals surface area contributed by atoms with Crippen molar-refractivity contribution in [1.82, 2.24) is 0 Å². The minimum absolute atomic E-state index is 0.182. The second-order valence-corrected chi connectivity index (χ2v) is 11.7. The number of benzene rings is 2. The molecule has 2 aromatic rings. The van der Waals surface area contributed by atoms with Crippen LogP contribution in [0.5, 0.6) is 0 Å². The van der Waals surface area contributed by atoms with Crippen molar-refractivity contribution in [3.8, 4) is 11.1 Å². The maximum atomic E-state index is 13.1. The number of unbranched alkanes of at least 4 members (excludes halogenated alkanes) is 2. The van der Waals surface area contributed by atoms with Crippen LogP contribution in [0.2, 0.25) is 0 Å². The smallest absolute Gasteiger partial charge is 0.298 e. The summed E-state index contributed by atoms with van der Waals surface area (Å²) in [5.41, 5.74) is 9.77. The van der Waals surface area contributed by atoms with Gasteiger partial charge in [0.1, 0.15) is 9.79 Å². The van der Waals surface area contributed by atoms with E-state index >= 15 is 0 Å². The van der Waals surface area contributed by atoms with Crippen LogP contribution in [0.4, 0.5) is 17.1 Å². The van der Waals surface area contributed by atoms with Gasteiger partial charge in [-0.2, -0.15) is 16.8 Å². The predicted octanol–water partition coefficient (Wildman–Crippen LogP) is 1.76. The van der Waals surface area contributed by atoms with Gasteiger partial charge in [0.25, 0.3) is 20.2 Å². The highest BCUT2D eigenvalue weighted by molar-refractivity contribution is 7.92. The summed E-state index contributed by atoms with van der Waals surface area (Å²) >= 11 is 0. The number of nitrogens with one attached hydrogen (secondary N) is 1. The molecule has 1 aliphatic heterocycles. The first-order valence-electron chi connectivity index (χ1n) is 9.05. The molecule has 11 nitrogen and oxygen atoms in total. The quantitative estimate of drug-likeness (QED) is 0.183. The molecule has 3 rings (SSSR count). The topological polar surface area (TPSA) is 207 Å². The Hall–Kier alpha value is -2.39. The SMILES string of the molecule is CCCCCNc1c2c(cc(N)c1S(=O)(=O)O)S(=O)(=O)c1cc(N)c(S(=O)(=O)O)cc1-2. The molecule has 14 heteroatoms. The van der Waals surface area contributed by atoms with Crippen LogP contribution in [0.3, 0.4) is 0 Å². The van der Waals surface area contributed by atoms with E-state index in [4.69, 9.17) is 11.5 Å². The lowest BCUT2D eigenvalue weighted by Gasteiger charge is -2.17. The molecule has 31 heavy (non-hydrogen) atoms. The van der Waals surface area contributed by atoms with E-state index in [2.05, 4.69) is 5.32 Å². The molecule has 1 heterocycles. The van der Waals surface area contributed by atoms with Gasteiger partial charge >= 0.3 is 0 Å². The van der Waals surface area contributed by atoms with Gasteiger partial charge in [-0.25, -0.2) is 8.42 Å². The molecule has 0 bridgehead atoms. The summed E-state index contributed by atoms with van der Waals surface area (Å²) in [6.45, 7) is 2.17. The Balaban J connectivity index is 2.43. The Labute approximate surface area is 179 Å². The lowest BCUT2D eigenvalue weighted by molar-refractivity contribution is 0.481. The maximum absolute atomic E-state index is 13.1. The molecule has 0 aliphatic carbocycles. The molecule has 0 amide bonds. The van der Waals surface area contributed by atoms with E-state index in [-0.39, 0.29) is 33.2 Å². The Bertz CT molecular complexity index is 1400. The summed E-state index contributed by atoms with van der Waals surface area (Å²) in [7, 11) is -13.9. The molecule has 0 fully saturated rings. The monoisotopic (exact) mass is 491 g/mol. The fourth-order valence-electron chi connectivity index (χ4n) is 3.51. The largest absolute Gasteiger partial charge is 0.398 e. The molecule has 0 radical (unpaired) electrons. The summed E-state index contributed by atoms with van der Waals surface area (Å²) in [6, 6.07) is 2.61. The summed E-state index contributed by atoms with van der Waals surface area (Å²) in [5, 5.41) is 2.82.